The first-order chi connectivity index (χ1) is 12.7. The summed E-state index contributed by atoms with van der Waals surface area (Å²) >= 11 is 0. The van der Waals surface area contributed by atoms with E-state index in [1.165, 1.54) is 0 Å². The highest BCUT2D eigenvalue weighted by molar-refractivity contribution is 6.08. The highest BCUT2D eigenvalue weighted by Gasteiger charge is 2.22. The number of carbonyl (C=O) groups is 1. The molecule has 2 heterocycles. The van der Waals surface area contributed by atoms with Gasteiger partial charge in [-0.25, -0.2) is 4.79 Å². The first-order valence-electron chi connectivity index (χ1n) is 8.93. The molecule has 1 aliphatic heterocycles. The molecule has 1 aromatic heterocycles. The van der Waals surface area contributed by atoms with E-state index in [0.717, 1.165) is 45.5 Å². The molecule has 0 saturated heterocycles. The number of benzene rings is 2. The van der Waals surface area contributed by atoms with Crippen molar-refractivity contribution < 1.29 is 19.0 Å². The lowest BCUT2D eigenvalue weighted by Crippen LogP contribution is -2.06. The number of nitrogens with one attached hydrogen (secondary N) is 1. The zero-order valence-electron chi connectivity index (χ0n) is 14.9. The van der Waals surface area contributed by atoms with Crippen LogP contribution in [0.2, 0.25) is 0 Å². The van der Waals surface area contributed by atoms with E-state index in [1.807, 2.05) is 37.3 Å². The molecule has 0 spiro atoms. The van der Waals surface area contributed by atoms with Crippen LogP contribution in [-0.4, -0.2) is 30.8 Å². The van der Waals surface area contributed by atoms with Crippen LogP contribution in [0.1, 0.15) is 29.9 Å². The molecule has 5 heteroatoms. The second-order valence-electron chi connectivity index (χ2n) is 6.16. The third-order valence-electron chi connectivity index (χ3n) is 4.54. The number of esters is 1. The topological polar surface area (TPSA) is 60.6 Å². The van der Waals surface area contributed by atoms with E-state index in [0.29, 0.717) is 25.5 Å². The largest absolute Gasteiger partial charge is 0.494 e. The minimum atomic E-state index is -0.353. The van der Waals surface area contributed by atoms with Gasteiger partial charge in [0.2, 0.25) is 0 Å². The Morgan fingerprint density at radius 3 is 2.85 bits per heavy atom. The lowest BCUT2D eigenvalue weighted by Gasteiger charge is -2.08. The first-order valence-corrected chi connectivity index (χ1v) is 8.93. The van der Waals surface area contributed by atoms with Crippen molar-refractivity contribution in [3.05, 3.63) is 47.7 Å². The van der Waals surface area contributed by atoms with Crippen molar-refractivity contribution >= 4 is 16.9 Å². The van der Waals surface area contributed by atoms with Crippen molar-refractivity contribution in [1.29, 1.82) is 0 Å². The van der Waals surface area contributed by atoms with Crippen molar-refractivity contribution in [2.75, 3.05) is 19.8 Å². The normalized spacial score (nSPS) is 12.7. The molecule has 0 aliphatic carbocycles. The predicted molar refractivity (Wildman–Crippen MR) is 100 cm³/mol. The number of H-pyrrole nitrogens is 1. The van der Waals surface area contributed by atoms with Crippen molar-refractivity contribution in [1.82, 2.24) is 4.98 Å². The molecule has 134 valence electrons. The van der Waals surface area contributed by atoms with E-state index in [1.54, 1.807) is 6.92 Å². The van der Waals surface area contributed by atoms with E-state index in [9.17, 15) is 4.79 Å². The van der Waals surface area contributed by atoms with Gasteiger partial charge in [-0.2, -0.15) is 0 Å². The maximum atomic E-state index is 12.5. The van der Waals surface area contributed by atoms with Gasteiger partial charge in [0, 0.05) is 22.9 Å². The SMILES string of the molecule is CCOC(=O)c1[nH]c2ccc(OCC)cc2c1-c1ccc2c(c1)CCO2. The molecule has 2 aromatic carbocycles. The Bertz CT molecular complexity index is 974. The van der Waals surface area contributed by atoms with E-state index in [2.05, 4.69) is 11.1 Å². The number of fused-ring (bicyclic) bond motifs is 2. The van der Waals surface area contributed by atoms with Gasteiger partial charge < -0.3 is 19.2 Å². The van der Waals surface area contributed by atoms with Crippen molar-refractivity contribution in [2.24, 2.45) is 0 Å². The summed E-state index contributed by atoms with van der Waals surface area (Å²) in [6.45, 7) is 5.38. The second kappa shape index (κ2) is 6.75. The highest BCUT2D eigenvalue weighted by Crippen LogP contribution is 2.38. The molecule has 0 atom stereocenters. The highest BCUT2D eigenvalue weighted by atomic mass is 16.5. The third-order valence-corrected chi connectivity index (χ3v) is 4.54. The molecular formula is C21H21NO4. The Morgan fingerprint density at radius 2 is 2.04 bits per heavy atom. The standard InChI is InChI=1S/C21H21NO4/c1-3-24-15-6-7-17-16(12-15)19(20(22-17)21(23)25-4-2)14-5-8-18-13(11-14)9-10-26-18/h5-8,11-12,22H,3-4,9-10H2,1-2H3. The first kappa shape index (κ1) is 16.5. The van der Waals surface area contributed by atoms with Gasteiger partial charge in [0.1, 0.15) is 17.2 Å². The van der Waals surface area contributed by atoms with Crippen LogP contribution in [0, 0.1) is 0 Å². The molecule has 3 aromatic rings. The fraction of sp³-hybridized carbons (Fsp3) is 0.286. The maximum absolute atomic E-state index is 12.5. The quantitative estimate of drug-likeness (QED) is 0.695. The molecule has 4 rings (SSSR count). The molecule has 5 nitrogen and oxygen atoms in total. The predicted octanol–water partition coefficient (Wildman–Crippen LogP) is 4.35. The van der Waals surface area contributed by atoms with Crippen LogP contribution in [0.15, 0.2) is 36.4 Å². The monoisotopic (exact) mass is 351 g/mol. The Morgan fingerprint density at radius 1 is 1.15 bits per heavy atom. The van der Waals surface area contributed by atoms with Gasteiger partial charge in [0.05, 0.1) is 19.8 Å². The number of rotatable bonds is 5. The van der Waals surface area contributed by atoms with E-state index >= 15 is 0 Å². The van der Waals surface area contributed by atoms with Gasteiger partial charge >= 0.3 is 5.97 Å². The second-order valence-corrected chi connectivity index (χ2v) is 6.16. The molecule has 26 heavy (non-hydrogen) atoms. The van der Waals surface area contributed by atoms with Crippen molar-refractivity contribution in [3.8, 4) is 22.6 Å². The van der Waals surface area contributed by atoms with Gasteiger partial charge in [-0.15, -0.1) is 0 Å². The summed E-state index contributed by atoms with van der Waals surface area (Å²) in [6.07, 6.45) is 0.879. The minimum absolute atomic E-state index is 0.329. The van der Waals surface area contributed by atoms with Crippen LogP contribution in [0.4, 0.5) is 0 Å². The fourth-order valence-corrected chi connectivity index (χ4v) is 3.43. The third kappa shape index (κ3) is 2.79. The van der Waals surface area contributed by atoms with Gasteiger partial charge in [-0.1, -0.05) is 6.07 Å². The van der Waals surface area contributed by atoms with Crippen molar-refractivity contribution in [3.63, 3.8) is 0 Å². The van der Waals surface area contributed by atoms with Crippen LogP contribution in [0.5, 0.6) is 11.5 Å². The van der Waals surface area contributed by atoms with Gasteiger partial charge in [-0.3, -0.25) is 0 Å². The van der Waals surface area contributed by atoms with Crippen LogP contribution in [0.3, 0.4) is 0 Å². The molecule has 1 N–H and O–H groups in total. The fourth-order valence-electron chi connectivity index (χ4n) is 3.43. The molecular weight excluding hydrogens is 330 g/mol. The lowest BCUT2D eigenvalue weighted by atomic mass is 9.98. The summed E-state index contributed by atoms with van der Waals surface area (Å²) in [4.78, 5) is 15.8. The molecule has 0 saturated carbocycles. The average Bonchev–Trinajstić information content (AvgIpc) is 3.25. The number of aromatic nitrogens is 1. The number of aromatic amines is 1. The summed E-state index contributed by atoms with van der Waals surface area (Å²) in [5.41, 5.74) is 4.32. The molecule has 0 unspecified atom stereocenters. The smallest absolute Gasteiger partial charge is 0.355 e. The minimum Gasteiger partial charge on any atom is -0.494 e. The molecule has 0 amide bonds. The zero-order chi connectivity index (χ0) is 18.1. The summed E-state index contributed by atoms with van der Waals surface area (Å²) < 4.78 is 16.5. The van der Waals surface area contributed by atoms with E-state index in [-0.39, 0.29) is 5.97 Å². The zero-order valence-corrected chi connectivity index (χ0v) is 14.9. The molecule has 1 aliphatic rings. The van der Waals surface area contributed by atoms with Crippen LogP contribution >= 0.6 is 0 Å². The van der Waals surface area contributed by atoms with Crippen LogP contribution in [0.25, 0.3) is 22.0 Å². The van der Waals surface area contributed by atoms with E-state index in [4.69, 9.17) is 14.2 Å². The lowest BCUT2D eigenvalue weighted by molar-refractivity contribution is 0.0521. The van der Waals surface area contributed by atoms with E-state index < -0.39 is 0 Å². The summed E-state index contributed by atoms with van der Waals surface area (Å²) in [6, 6.07) is 11.9. The van der Waals surface area contributed by atoms with Gasteiger partial charge in [-0.05, 0) is 55.3 Å². The average molecular weight is 351 g/mol. The summed E-state index contributed by atoms with van der Waals surface area (Å²) in [5.74, 6) is 1.34. The Kier molecular flexibility index (Phi) is 4.29. The molecule has 0 fully saturated rings. The van der Waals surface area contributed by atoms with Crippen molar-refractivity contribution in [2.45, 2.75) is 20.3 Å². The van der Waals surface area contributed by atoms with Crippen LogP contribution in [-0.2, 0) is 11.2 Å². The Balaban J connectivity index is 1.92. The van der Waals surface area contributed by atoms with Gasteiger partial charge in [0.15, 0.2) is 0 Å². The van der Waals surface area contributed by atoms with Gasteiger partial charge in [0.25, 0.3) is 0 Å². The Labute approximate surface area is 151 Å². The number of hydrogen-bond acceptors (Lipinski definition) is 4. The molecule has 0 bridgehead atoms. The van der Waals surface area contributed by atoms with Crippen LogP contribution < -0.4 is 9.47 Å². The number of ether oxygens (including phenoxy) is 3. The number of hydrogen-bond donors (Lipinski definition) is 1. The summed E-state index contributed by atoms with van der Waals surface area (Å²) in [5, 5.41) is 0.942. The molecule has 0 radical (unpaired) electrons. The summed E-state index contributed by atoms with van der Waals surface area (Å²) in [7, 11) is 0. The maximum Gasteiger partial charge on any atom is 0.355 e. The Hall–Kier alpha value is -2.95. The number of carbonyl (C=O) groups excluding carboxylic acids is 1.